The van der Waals surface area contributed by atoms with Crippen molar-refractivity contribution in [3.63, 3.8) is 0 Å². The molecular formula is C47H57N5O9S. The van der Waals surface area contributed by atoms with E-state index in [0.29, 0.717) is 60.2 Å². The molecule has 5 atom stereocenters. The molecule has 4 heterocycles. The van der Waals surface area contributed by atoms with Crippen molar-refractivity contribution < 1.29 is 41.5 Å². The number of allylic oxidation sites excluding steroid dienone is 1. The molecule has 3 N–H and O–H groups in total. The Labute approximate surface area is 362 Å². The summed E-state index contributed by atoms with van der Waals surface area (Å²) in [4.78, 5) is 63.0. The van der Waals surface area contributed by atoms with Crippen LogP contribution in [0.15, 0.2) is 71.2 Å². The molecule has 0 unspecified atom stereocenters. The van der Waals surface area contributed by atoms with Gasteiger partial charge < -0.3 is 29.4 Å². The Hall–Kier alpha value is -5.44. The highest BCUT2D eigenvalue weighted by atomic mass is 32.2. The SMILES string of the molecule is CC(C)(C)OC(=O)N[C@H]1CCCCCC=C[C@@H]2C[C@@]2(C(=O)NS(=O)(=O)C2CC2)NC(=O)[C@@H]2C[C@@H](Oc3cc(-c4ccc(C(C)(C)C)cc4)nc4c3oc3ccccc34)CN2C1=O. The van der Waals surface area contributed by atoms with Crippen molar-refractivity contribution in [1.82, 2.24) is 25.2 Å². The molecule has 2 saturated carbocycles. The summed E-state index contributed by atoms with van der Waals surface area (Å²) >= 11 is 0. The number of amides is 4. The molecule has 4 amide bonds. The van der Waals surface area contributed by atoms with Gasteiger partial charge in [-0.2, -0.15) is 0 Å². The molecule has 2 aromatic heterocycles. The van der Waals surface area contributed by atoms with Crippen LogP contribution in [0.3, 0.4) is 0 Å². The fourth-order valence-corrected chi connectivity index (χ4v) is 9.87. The number of furan rings is 1. The van der Waals surface area contributed by atoms with Crippen LogP contribution in [0.4, 0.5) is 4.79 Å². The number of benzene rings is 2. The maximum Gasteiger partial charge on any atom is 0.408 e. The van der Waals surface area contributed by atoms with Gasteiger partial charge in [-0.25, -0.2) is 18.2 Å². The number of fused-ring (bicyclic) bond motifs is 5. The van der Waals surface area contributed by atoms with Crippen molar-refractivity contribution in [2.45, 2.75) is 139 Å². The molecular weight excluding hydrogens is 811 g/mol. The van der Waals surface area contributed by atoms with Crippen molar-refractivity contribution in [2.75, 3.05) is 6.54 Å². The minimum Gasteiger partial charge on any atom is -0.484 e. The number of ether oxygens (including phenoxy) is 2. The number of carbonyl (C=O) groups excluding carboxylic acids is 4. The van der Waals surface area contributed by atoms with Crippen molar-refractivity contribution in [2.24, 2.45) is 5.92 Å². The van der Waals surface area contributed by atoms with Crippen molar-refractivity contribution in [3.8, 4) is 17.0 Å². The summed E-state index contributed by atoms with van der Waals surface area (Å²) in [5.74, 6) is -2.00. The number of carbonyl (C=O) groups is 4. The summed E-state index contributed by atoms with van der Waals surface area (Å²) in [6.07, 6.45) is 6.60. The molecule has 2 aromatic carbocycles. The molecule has 0 spiro atoms. The quantitative estimate of drug-likeness (QED) is 0.161. The van der Waals surface area contributed by atoms with Crippen molar-refractivity contribution in [3.05, 3.63) is 72.3 Å². The largest absolute Gasteiger partial charge is 0.484 e. The van der Waals surface area contributed by atoms with Gasteiger partial charge in [0.2, 0.25) is 21.8 Å². The summed E-state index contributed by atoms with van der Waals surface area (Å²) in [5.41, 5.74) is 1.89. The average molecular weight is 868 g/mol. The van der Waals surface area contributed by atoms with Crippen LogP contribution in [0.25, 0.3) is 33.3 Å². The van der Waals surface area contributed by atoms with Crippen LogP contribution < -0.4 is 20.1 Å². The molecule has 3 fully saturated rings. The second-order valence-corrected chi connectivity index (χ2v) is 21.3. The lowest BCUT2D eigenvalue weighted by molar-refractivity contribution is -0.141. The van der Waals surface area contributed by atoms with E-state index in [0.717, 1.165) is 23.8 Å². The van der Waals surface area contributed by atoms with Gasteiger partial charge in [0.25, 0.3) is 5.91 Å². The van der Waals surface area contributed by atoms with Crippen LogP contribution >= 0.6 is 0 Å². The van der Waals surface area contributed by atoms with Crippen LogP contribution in [-0.2, 0) is 34.6 Å². The molecule has 0 radical (unpaired) electrons. The van der Waals surface area contributed by atoms with Gasteiger partial charge >= 0.3 is 6.09 Å². The predicted molar refractivity (Wildman–Crippen MR) is 235 cm³/mol. The molecule has 4 aromatic rings. The van der Waals surface area contributed by atoms with Crippen LogP contribution in [-0.4, -0.2) is 83.2 Å². The Morgan fingerprint density at radius 1 is 0.968 bits per heavy atom. The van der Waals surface area contributed by atoms with Gasteiger partial charge in [0, 0.05) is 29.4 Å². The molecule has 2 aliphatic heterocycles. The molecule has 62 heavy (non-hydrogen) atoms. The van der Waals surface area contributed by atoms with E-state index >= 15 is 0 Å². The number of nitrogens with one attached hydrogen (secondary N) is 3. The first-order valence-corrected chi connectivity index (χ1v) is 23.3. The Morgan fingerprint density at radius 2 is 1.71 bits per heavy atom. The summed E-state index contributed by atoms with van der Waals surface area (Å²) < 4.78 is 46.9. The summed E-state index contributed by atoms with van der Waals surface area (Å²) in [7, 11) is -3.92. The van der Waals surface area contributed by atoms with Gasteiger partial charge in [-0.1, -0.05) is 82.2 Å². The predicted octanol–water partition coefficient (Wildman–Crippen LogP) is 7.19. The normalized spacial score (nSPS) is 25.0. The van der Waals surface area contributed by atoms with Crippen LogP contribution in [0.5, 0.6) is 5.75 Å². The highest BCUT2D eigenvalue weighted by Crippen LogP contribution is 2.46. The third-order valence-electron chi connectivity index (χ3n) is 12.2. The number of alkyl carbamates (subject to hydrolysis) is 1. The van der Waals surface area contributed by atoms with Gasteiger partial charge in [-0.05, 0) is 82.4 Å². The molecule has 14 nitrogen and oxygen atoms in total. The molecule has 8 rings (SSSR count). The minimum absolute atomic E-state index is 0.0228. The van der Waals surface area contributed by atoms with Crippen molar-refractivity contribution >= 4 is 55.9 Å². The fraction of sp³-hybridized carbons (Fsp3) is 0.511. The number of sulfonamides is 1. The van der Waals surface area contributed by atoms with Crippen LogP contribution in [0, 0.1) is 5.92 Å². The first-order chi connectivity index (χ1) is 29.3. The van der Waals surface area contributed by atoms with E-state index in [2.05, 4.69) is 48.3 Å². The van der Waals surface area contributed by atoms with E-state index in [9.17, 15) is 27.6 Å². The van der Waals surface area contributed by atoms with E-state index in [1.807, 2.05) is 54.6 Å². The van der Waals surface area contributed by atoms with E-state index in [1.54, 1.807) is 20.8 Å². The first-order valence-electron chi connectivity index (χ1n) is 21.8. The number of para-hydroxylation sites is 1. The van der Waals surface area contributed by atoms with Gasteiger partial charge in [0.05, 0.1) is 17.5 Å². The van der Waals surface area contributed by atoms with Gasteiger partial charge in [0.1, 0.15) is 40.4 Å². The second-order valence-electron chi connectivity index (χ2n) is 19.3. The van der Waals surface area contributed by atoms with Gasteiger partial charge in [-0.3, -0.25) is 19.1 Å². The zero-order chi connectivity index (χ0) is 44.2. The van der Waals surface area contributed by atoms with Gasteiger partial charge in [0.15, 0.2) is 11.3 Å². The maximum absolute atomic E-state index is 14.8. The first kappa shape index (κ1) is 43.2. The van der Waals surface area contributed by atoms with E-state index in [4.69, 9.17) is 18.9 Å². The second kappa shape index (κ2) is 16.4. The molecule has 15 heteroatoms. The monoisotopic (exact) mass is 867 g/mol. The Bertz CT molecular complexity index is 2530. The lowest BCUT2D eigenvalue weighted by Gasteiger charge is -2.30. The maximum atomic E-state index is 14.8. The highest BCUT2D eigenvalue weighted by Gasteiger charge is 2.62. The fourth-order valence-electron chi connectivity index (χ4n) is 8.51. The zero-order valence-electron chi connectivity index (χ0n) is 36.3. The standard InChI is InChI=1S/C47H57N5O9S/c1-45(2,3)29-20-18-28(19-21-29)35-25-38(40-39(48-35)33-15-12-13-17-37(33)60-40)59-31-24-36-41(53)50-47(43(55)51-62(57,58)32-22-23-32)26-30(47)14-10-8-7-9-11-16-34(42(54)52(36)27-31)49-44(56)61-46(4,5)6/h10,12-15,17-21,25,30-32,34,36H,7-9,11,16,22-24,26-27H2,1-6H3,(H,49,56)(H,50,53)(H,51,55)/t30-,31-,34+,36+,47-/m1/s1. The molecule has 2 aliphatic carbocycles. The molecule has 4 aliphatic rings. The average Bonchev–Trinajstić information content (AvgIpc) is 4.10. The van der Waals surface area contributed by atoms with E-state index < -0.39 is 74.3 Å². The number of nitrogens with zero attached hydrogens (tertiary/aromatic N) is 2. The lowest BCUT2D eigenvalue weighted by atomic mass is 9.86. The Kier molecular flexibility index (Phi) is 11.4. The number of pyridine rings is 1. The highest BCUT2D eigenvalue weighted by molar-refractivity contribution is 7.91. The number of rotatable bonds is 7. The molecule has 330 valence electrons. The Balaban J connectivity index is 1.15. The van der Waals surface area contributed by atoms with Crippen LogP contribution in [0.2, 0.25) is 0 Å². The van der Waals surface area contributed by atoms with Gasteiger partial charge in [-0.15, -0.1) is 0 Å². The van der Waals surface area contributed by atoms with E-state index in [1.165, 1.54) is 10.5 Å². The number of hydrogen-bond acceptors (Lipinski definition) is 10. The third kappa shape index (κ3) is 9.18. The molecule has 1 saturated heterocycles. The molecule has 0 bridgehead atoms. The summed E-state index contributed by atoms with van der Waals surface area (Å²) in [6, 6.07) is 15.4. The third-order valence-corrected chi connectivity index (χ3v) is 14.0. The Morgan fingerprint density at radius 3 is 2.42 bits per heavy atom. The topological polar surface area (TPSA) is 186 Å². The lowest BCUT2D eigenvalue weighted by Crippen LogP contribution is -2.58. The van der Waals surface area contributed by atoms with Crippen LogP contribution in [0.1, 0.15) is 105 Å². The zero-order valence-corrected chi connectivity index (χ0v) is 37.1. The minimum atomic E-state index is -3.92. The summed E-state index contributed by atoms with van der Waals surface area (Å²) in [5, 5.41) is 5.85. The van der Waals surface area contributed by atoms with E-state index in [-0.39, 0.29) is 24.8 Å². The van der Waals surface area contributed by atoms with Crippen molar-refractivity contribution in [1.29, 1.82) is 0 Å². The number of aromatic nitrogens is 1. The summed E-state index contributed by atoms with van der Waals surface area (Å²) in [6.45, 7) is 11.6. The number of hydrogen-bond donors (Lipinski definition) is 3. The smallest absolute Gasteiger partial charge is 0.408 e.